The topological polar surface area (TPSA) is 24.1 Å². The molecule has 0 fully saturated rings. The Morgan fingerprint density at radius 1 is 1.00 bits per heavy atom. The largest absolute Gasteiger partial charge is 0.416 e. The van der Waals surface area contributed by atoms with Gasteiger partial charge in [-0.05, 0) is 36.3 Å². The van der Waals surface area contributed by atoms with Crippen molar-refractivity contribution in [3.8, 4) is 0 Å². The molecule has 2 nitrogen and oxygen atoms in total. The Hall–Kier alpha value is -2.15. The van der Waals surface area contributed by atoms with Gasteiger partial charge in [0, 0.05) is 18.7 Å². The average molecular weight is 356 g/mol. The van der Waals surface area contributed by atoms with Gasteiger partial charge in [-0.25, -0.2) is 4.39 Å². The highest BCUT2D eigenvalue weighted by atomic mass is 32.1. The normalized spacial score (nSPS) is 11.2. The van der Waals surface area contributed by atoms with Crippen molar-refractivity contribution < 1.29 is 17.6 Å². The van der Waals surface area contributed by atoms with Crippen molar-refractivity contribution in [2.45, 2.75) is 19.1 Å². The maximum atomic E-state index is 13.7. The molecule has 0 saturated carbocycles. The van der Waals surface area contributed by atoms with Crippen molar-refractivity contribution in [1.82, 2.24) is 10.6 Å². The van der Waals surface area contributed by atoms with Crippen LogP contribution in [0.2, 0.25) is 0 Å². The highest BCUT2D eigenvalue weighted by molar-refractivity contribution is 7.80. The van der Waals surface area contributed by atoms with Crippen LogP contribution in [-0.2, 0) is 19.1 Å². The third-order valence-electron chi connectivity index (χ3n) is 3.36. The summed E-state index contributed by atoms with van der Waals surface area (Å²) in [5.41, 5.74) is 0.268. The molecule has 0 bridgehead atoms. The Bertz CT molecular complexity index is 687. The molecule has 2 N–H and O–H groups in total. The van der Waals surface area contributed by atoms with Crippen molar-refractivity contribution in [1.29, 1.82) is 0 Å². The van der Waals surface area contributed by atoms with Gasteiger partial charge in [-0.2, -0.15) is 13.2 Å². The molecule has 0 aliphatic heterocycles. The first-order valence-corrected chi connectivity index (χ1v) is 7.68. The van der Waals surface area contributed by atoms with Crippen molar-refractivity contribution in [2.75, 3.05) is 6.54 Å². The predicted molar refractivity (Wildman–Crippen MR) is 89.0 cm³/mol. The van der Waals surface area contributed by atoms with Crippen molar-refractivity contribution in [3.63, 3.8) is 0 Å². The predicted octanol–water partition coefficient (Wildman–Crippen LogP) is 4.05. The summed E-state index contributed by atoms with van der Waals surface area (Å²) in [5.74, 6) is -0.913. The van der Waals surface area contributed by atoms with Crippen LogP contribution in [0.5, 0.6) is 0 Å². The van der Waals surface area contributed by atoms with Crippen LogP contribution in [0.25, 0.3) is 0 Å². The summed E-state index contributed by atoms with van der Waals surface area (Å²) in [5, 5.41) is 6.08. The highest BCUT2D eigenvalue weighted by Crippen LogP contribution is 2.30. The summed E-state index contributed by atoms with van der Waals surface area (Å²) in [6, 6.07) is 12.3. The Balaban J connectivity index is 1.79. The lowest BCUT2D eigenvalue weighted by Gasteiger charge is -2.12. The molecule has 0 spiro atoms. The smallest absolute Gasteiger partial charge is 0.362 e. The SMILES string of the molecule is Fc1cc(C(F)(F)F)ccc1CNC(=S)NCCc1ccccc1. The summed E-state index contributed by atoms with van der Waals surface area (Å²) in [6.07, 6.45) is -3.78. The van der Waals surface area contributed by atoms with E-state index in [1.54, 1.807) is 0 Å². The van der Waals surface area contributed by atoms with E-state index >= 15 is 0 Å². The maximum absolute atomic E-state index is 13.7. The van der Waals surface area contributed by atoms with Gasteiger partial charge in [0.1, 0.15) is 5.82 Å². The average Bonchev–Trinajstić information content (AvgIpc) is 2.54. The van der Waals surface area contributed by atoms with E-state index in [1.165, 1.54) is 0 Å². The van der Waals surface area contributed by atoms with Crippen LogP contribution in [0.3, 0.4) is 0 Å². The van der Waals surface area contributed by atoms with Crippen LogP contribution in [0, 0.1) is 5.82 Å². The number of halogens is 4. The van der Waals surface area contributed by atoms with Gasteiger partial charge in [0.15, 0.2) is 5.11 Å². The molecule has 7 heteroatoms. The first-order valence-electron chi connectivity index (χ1n) is 7.27. The van der Waals surface area contributed by atoms with Gasteiger partial charge in [-0.1, -0.05) is 36.4 Å². The summed E-state index contributed by atoms with van der Waals surface area (Å²) < 4.78 is 51.1. The summed E-state index contributed by atoms with van der Waals surface area (Å²) in [4.78, 5) is 0. The fourth-order valence-corrected chi connectivity index (χ4v) is 2.24. The number of hydrogen-bond acceptors (Lipinski definition) is 1. The van der Waals surface area contributed by atoms with Crippen molar-refractivity contribution >= 4 is 17.3 Å². The molecule has 2 aromatic rings. The van der Waals surface area contributed by atoms with Gasteiger partial charge < -0.3 is 10.6 Å². The monoisotopic (exact) mass is 356 g/mol. The fourth-order valence-electron chi connectivity index (χ4n) is 2.07. The molecule has 0 unspecified atom stereocenters. The molecular formula is C17H16F4N2S. The number of alkyl halides is 3. The molecule has 0 aliphatic carbocycles. The molecule has 0 atom stereocenters. The molecule has 0 saturated heterocycles. The molecule has 0 radical (unpaired) electrons. The molecule has 0 heterocycles. The van der Waals surface area contributed by atoms with E-state index in [2.05, 4.69) is 10.6 Å². The molecule has 24 heavy (non-hydrogen) atoms. The third kappa shape index (κ3) is 5.49. The minimum atomic E-state index is -4.55. The zero-order chi connectivity index (χ0) is 17.6. The van der Waals surface area contributed by atoms with Crippen LogP contribution in [0.4, 0.5) is 17.6 Å². The summed E-state index contributed by atoms with van der Waals surface area (Å²) in [7, 11) is 0. The Labute approximate surface area is 142 Å². The standard InChI is InChI=1S/C17H16F4N2S/c18-15-10-14(17(19,20)21)7-6-13(15)11-23-16(24)22-9-8-12-4-2-1-3-5-12/h1-7,10H,8-9,11H2,(H2,22,23,24). The second-order valence-electron chi connectivity index (χ2n) is 5.15. The van der Waals surface area contributed by atoms with Gasteiger partial charge in [-0.3, -0.25) is 0 Å². The van der Waals surface area contributed by atoms with Gasteiger partial charge in [0.05, 0.1) is 5.56 Å². The number of nitrogens with one attached hydrogen (secondary N) is 2. The van der Waals surface area contributed by atoms with E-state index in [0.29, 0.717) is 17.7 Å². The van der Waals surface area contributed by atoms with Crippen molar-refractivity contribution in [3.05, 3.63) is 71.0 Å². The quantitative estimate of drug-likeness (QED) is 0.624. The lowest BCUT2D eigenvalue weighted by Crippen LogP contribution is -2.36. The Morgan fingerprint density at radius 2 is 1.71 bits per heavy atom. The second kappa shape index (κ2) is 8.10. The van der Waals surface area contributed by atoms with Crippen LogP contribution in [0.15, 0.2) is 48.5 Å². The zero-order valence-electron chi connectivity index (χ0n) is 12.7. The minimum absolute atomic E-state index is 0.0150. The van der Waals surface area contributed by atoms with E-state index in [1.807, 2.05) is 30.3 Å². The molecule has 2 aromatic carbocycles. The second-order valence-corrected chi connectivity index (χ2v) is 5.56. The third-order valence-corrected chi connectivity index (χ3v) is 3.65. The fraction of sp³-hybridized carbons (Fsp3) is 0.235. The zero-order valence-corrected chi connectivity index (χ0v) is 13.5. The van der Waals surface area contributed by atoms with E-state index < -0.39 is 17.6 Å². The molecule has 0 amide bonds. The Kier molecular flexibility index (Phi) is 6.14. The van der Waals surface area contributed by atoms with Gasteiger partial charge in [-0.15, -0.1) is 0 Å². The first-order chi connectivity index (χ1) is 11.4. The number of hydrogen-bond donors (Lipinski definition) is 2. The van der Waals surface area contributed by atoms with Crippen LogP contribution >= 0.6 is 12.2 Å². The molecule has 0 aliphatic rings. The van der Waals surface area contributed by atoms with Crippen molar-refractivity contribution in [2.24, 2.45) is 0 Å². The first kappa shape index (κ1) is 18.2. The molecule has 2 rings (SSSR count). The maximum Gasteiger partial charge on any atom is 0.416 e. The number of thiocarbonyl (C=S) groups is 1. The number of rotatable bonds is 5. The van der Waals surface area contributed by atoms with E-state index in [-0.39, 0.29) is 12.1 Å². The molecule has 0 aromatic heterocycles. The van der Waals surface area contributed by atoms with Gasteiger partial charge in [0.2, 0.25) is 0 Å². The van der Waals surface area contributed by atoms with Crippen LogP contribution < -0.4 is 10.6 Å². The lowest BCUT2D eigenvalue weighted by molar-refractivity contribution is -0.137. The van der Waals surface area contributed by atoms with E-state index in [0.717, 1.165) is 24.1 Å². The van der Waals surface area contributed by atoms with E-state index in [9.17, 15) is 17.6 Å². The van der Waals surface area contributed by atoms with Gasteiger partial charge in [0.25, 0.3) is 0 Å². The molecular weight excluding hydrogens is 340 g/mol. The summed E-state index contributed by atoms with van der Waals surface area (Å²) >= 11 is 5.07. The Morgan fingerprint density at radius 3 is 2.33 bits per heavy atom. The highest BCUT2D eigenvalue weighted by Gasteiger charge is 2.31. The van der Waals surface area contributed by atoms with Gasteiger partial charge >= 0.3 is 6.18 Å². The minimum Gasteiger partial charge on any atom is -0.362 e. The summed E-state index contributed by atoms with van der Waals surface area (Å²) in [6.45, 7) is 0.618. The molecule has 128 valence electrons. The number of benzene rings is 2. The lowest BCUT2D eigenvalue weighted by atomic mass is 10.1. The van der Waals surface area contributed by atoms with E-state index in [4.69, 9.17) is 12.2 Å². The van der Waals surface area contributed by atoms with Crippen LogP contribution in [0.1, 0.15) is 16.7 Å². The van der Waals surface area contributed by atoms with Crippen LogP contribution in [-0.4, -0.2) is 11.7 Å².